The predicted octanol–water partition coefficient (Wildman–Crippen LogP) is 3.12. The molecule has 0 amide bonds. The quantitative estimate of drug-likeness (QED) is 0.848. The molecule has 1 aromatic carbocycles. The van der Waals surface area contributed by atoms with Crippen LogP contribution in [-0.2, 0) is 0 Å². The maximum atomic E-state index is 10.2. The van der Waals surface area contributed by atoms with Crippen LogP contribution in [0.25, 0.3) is 0 Å². The molecule has 0 bridgehead atoms. The van der Waals surface area contributed by atoms with Gasteiger partial charge in [0.05, 0.1) is 22.8 Å². The molecule has 0 aromatic heterocycles. The van der Waals surface area contributed by atoms with Gasteiger partial charge >= 0.3 is 0 Å². The second kappa shape index (κ2) is 6.91. The Morgan fingerprint density at radius 2 is 1.95 bits per heavy atom. The summed E-state index contributed by atoms with van der Waals surface area (Å²) >= 11 is 12.0. The number of hydrogen-bond donors (Lipinski definition) is 2. The summed E-state index contributed by atoms with van der Waals surface area (Å²) in [6.45, 7) is 4.62. The summed E-state index contributed by atoms with van der Waals surface area (Å²) in [6.07, 6.45) is -0.136. The Kier molecular flexibility index (Phi) is 6.09. The second-order valence-corrected chi connectivity index (χ2v) is 6.12. The molecule has 0 aliphatic rings. The first-order valence-corrected chi connectivity index (χ1v) is 6.99. The third-order valence-corrected chi connectivity index (χ3v) is 4.33. The number of benzene rings is 1. The highest BCUT2D eigenvalue weighted by Crippen LogP contribution is 2.31. The summed E-state index contributed by atoms with van der Waals surface area (Å²) in [7, 11) is 1.92. The Morgan fingerprint density at radius 1 is 1.32 bits per heavy atom. The highest BCUT2D eigenvalue weighted by Gasteiger charge is 2.23. The number of hydrogen-bond acceptors (Lipinski definition) is 3. The standard InChI is InChI=1S/C14H21Cl2NO2/c1-14(2,9-18)17(3)8-7-12(19)10-5-4-6-11(15)13(10)16/h4-6,12,18-19H,7-9H2,1-3H3. The molecule has 2 N–H and O–H groups in total. The highest BCUT2D eigenvalue weighted by molar-refractivity contribution is 6.42. The topological polar surface area (TPSA) is 43.7 Å². The number of likely N-dealkylation sites (N-methyl/N-ethyl adjacent to an activating group) is 1. The van der Waals surface area contributed by atoms with Gasteiger partial charge < -0.3 is 10.2 Å². The van der Waals surface area contributed by atoms with E-state index in [2.05, 4.69) is 0 Å². The molecule has 0 spiro atoms. The summed E-state index contributed by atoms with van der Waals surface area (Å²) in [5.74, 6) is 0. The van der Waals surface area contributed by atoms with Crippen molar-refractivity contribution in [3.8, 4) is 0 Å². The van der Waals surface area contributed by atoms with E-state index in [0.29, 0.717) is 28.6 Å². The summed E-state index contributed by atoms with van der Waals surface area (Å²) < 4.78 is 0. The molecule has 0 saturated carbocycles. The molecule has 0 aliphatic carbocycles. The third-order valence-electron chi connectivity index (χ3n) is 3.50. The number of halogens is 2. The van der Waals surface area contributed by atoms with Gasteiger partial charge in [0, 0.05) is 17.6 Å². The van der Waals surface area contributed by atoms with Gasteiger partial charge in [0.15, 0.2) is 0 Å². The summed E-state index contributed by atoms with van der Waals surface area (Å²) in [5.41, 5.74) is 0.335. The minimum atomic E-state index is -0.664. The molecule has 1 unspecified atom stereocenters. The van der Waals surface area contributed by atoms with Crippen LogP contribution in [0.5, 0.6) is 0 Å². The second-order valence-electron chi connectivity index (χ2n) is 5.34. The van der Waals surface area contributed by atoms with Gasteiger partial charge in [-0.05, 0) is 33.4 Å². The largest absolute Gasteiger partial charge is 0.394 e. The molecule has 1 atom stereocenters. The van der Waals surface area contributed by atoms with Gasteiger partial charge in [0.1, 0.15) is 0 Å². The Labute approximate surface area is 124 Å². The smallest absolute Gasteiger partial charge is 0.0817 e. The molecule has 3 nitrogen and oxygen atoms in total. The van der Waals surface area contributed by atoms with E-state index in [1.54, 1.807) is 18.2 Å². The number of aliphatic hydroxyl groups excluding tert-OH is 2. The van der Waals surface area contributed by atoms with E-state index in [1.807, 2.05) is 25.8 Å². The fourth-order valence-corrected chi connectivity index (χ4v) is 2.11. The van der Waals surface area contributed by atoms with Crippen LogP contribution in [0.2, 0.25) is 10.0 Å². The van der Waals surface area contributed by atoms with E-state index >= 15 is 0 Å². The van der Waals surface area contributed by atoms with Gasteiger partial charge in [-0.25, -0.2) is 0 Å². The SMILES string of the molecule is CN(CCC(O)c1cccc(Cl)c1Cl)C(C)(C)CO. The van der Waals surface area contributed by atoms with E-state index in [9.17, 15) is 10.2 Å². The zero-order valence-electron chi connectivity index (χ0n) is 11.5. The van der Waals surface area contributed by atoms with Crippen LogP contribution in [0.3, 0.4) is 0 Å². The number of rotatable bonds is 6. The number of aliphatic hydroxyl groups is 2. The Balaban J connectivity index is 2.66. The van der Waals surface area contributed by atoms with Crippen LogP contribution < -0.4 is 0 Å². The maximum Gasteiger partial charge on any atom is 0.0817 e. The molecule has 0 saturated heterocycles. The van der Waals surface area contributed by atoms with Crippen LogP contribution >= 0.6 is 23.2 Å². The normalized spacial score (nSPS) is 13.9. The zero-order valence-corrected chi connectivity index (χ0v) is 13.0. The zero-order chi connectivity index (χ0) is 14.6. The fourth-order valence-electron chi connectivity index (χ4n) is 1.67. The average Bonchev–Trinajstić information content (AvgIpc) is 2.38. The van der Waals surface area contributed by atoms with Crippen molar-refractivity contribution >= 4 is 23.2 Å². The Bertz CT molecular complexity index is 424. The van der Waals surface area contributed by atoms with Gasteiger partial charge in [-0.1, -0.05) is 35.3 Å². The maximum absolute atomic E-state index is 10.2. The summed E-state index contributed by atoms with van der Waals surface area (Å²) in [6, 6.07) is 5.24. The molecule has 108 valence electrons. The molecule has 1 aromatic rings. The van der Waals surface area contributed by atoms with Crippen molar-refractivity contribution in [2.45, 2.75) is 31.9 Å². The third kappa shape index (κ3) is 4.33. The Hall–Kier alpha value is -0.320. The summed E-state index contributed by atoms with van der Waals surface area (Å²) in [5, 5.41) is 20.3. The Morgan fingerprint density at radius 3 is 2.53 bits per heavy atom. The molecular weight excluding hydrogens is 285 g/mol. The molecule has 1 rings (SSSR count). The van der Waals surface area contributed by atoms with Crippen molar-refractivity contribution in [3.05, 3.63) is 33.8 Å². The van der Waals surface area contributed by atoms with Crippen LogP contribution in [0.1, 0.15) is 31.9 Å². The fraction of sp³-hybridized carbons (Fsp3) is 0.571. The first-order chi connectivity index (χ1) is 8.79. The lowest BCUT2D eigenvalue weighted by atomic mass is 10.0. The first kappa shape index (κ1) is 16.7. The lowest BCUT2D eigenvalue weighted by Gasteiger charge is -2.34. The molecule has 0 fully saturated rings. The van der Waals surface area contributed by atoms with Crippen molar-refractivity contribution in [1.82, 2.24) is 4.90 Å². The van der Waals surface area contributed by atoms with E-state index in [0.717, 1.165) is 0 Å². The van der Waals surface area contributed by atoms with Crippen LogP contribution in [0, 0.1) is 0 Å². The van der Waals surface area contributed by atoms with Crippen molar-refractivity contribution in [1.29, 1.82) is 0 Å². The van der Waals surface area contributed by atoms with Crippen LogP contribution in [0.4, 0.5) is 0 Å². The first-order valence-electron chi connectivity index (χ1n) is 6.23. The van der Waals surface area contributed by atoms with Crippen LogP contribution in [0.15, 0.2) is 18.2 Å². The molecule has 0 radical (unpaired) electrons. The van der Waals surface area contributed by atoms with Crippen molar-refractivity contribution in [2.24, 2.45) is 0 Å². The van der Waals surface area contributed by atoms with Gasteiger partial charge in [0.25, 0.3) is 0 Å². The monoisotopic (exact) mass is 305 g/mol. The molecule has 0 heterocycles. The molecule has 19 heavy (non-hydrogen) atoms. The minimum Gasteiger partial charge on any atom is -0.394 e. The van der Waals surface area contributed by atoms with E-state index in [1.165, 1.54) is 0 Å². The molecule has 5 heteroatoms. The average molecular weight is 306 g/mol. The van der Waals surface area contributed by atoms with Gasteiger partial charge in [-0.2, -0.15) is 0 Å². The molecular formula is C14H21Cl2NO2. The molecule has 0 aliphatic heterocycles. The number of nitrogens with zero attached hydrogens (tertiary/aromatic N) is 1. The highest BCUT2D eigenvalue weighted by atomic mass is 35.5. The van der Waals surface area contributed by atoms with Gasteiger partial charge in [-0.15, -0.1) is 0 Å². The van der Waals surface area contributed by atoms with E-state index in [-0.39, 0.29) is 12.1 Å². The van der Waals surface area contributed by atoms with Crippen molar-refractivity contribution in [2.75, 3.05) is 20.2 Å². The van der Waals surface area contributed by atoms with Gasteiger partial charge in [-0.3, -0.25) is 4.90 Å². The van der Waals surface area contributed by atoms with E-state index < -0.39 is 6.10 Å². The van der Waals surface area contributed by atoms with E-state index in [4.69, 9.17) is 23.2 Å². The minimum absolute atomic E-state index is 0.0670. The van der Waals surface area contributed by atoms with Gasteiger partial charge in [0.2, 0.25) is 0 Å². The lowest BCUT2D eigenvalue weighted by Crippen LogP contribution is -2.44. The van der Waals surface area contributed by atoms with Crippen molar-refractivity contribution < 1.29 is 10.2 Å². The lowest BCUT2D eigenvalue weighted by molar-refractivity contribution is 0.0619. The van der Waals surface area contributed by atoms with Crippen molar-refractivity contribution in [3.63, 3.8) is 0 Å². The predicted molar refractivity (Wildman–Crippen MR) is 79.8 cm³/mol. The van der Waals surface area contributed by atoms with Crippen LogP contribution in [-0.4, -0.2) is 40.9 Å². The summed E-state index contributed by atoms with van der Waals surface area (Å²) in [4.78, 5) is 2.01.